The van der Waals surface area contributed by atoms with Gasteiger partial charge in [0.15, 0.2) is 12.1 Å². The fourth-order valence-corrected chi connectivity index (χ4v) is 4.00. The number of hydrogen-bond donors (Lipinski definition) is 0. The number of anilines is 1. The van der Waals surface area contributed by atoms with Gasteiger partial charge in [0.05, 0.1) is 5.69 Å². The first-order chi connectivity index (χ1) is 14.9. The van der Waals surface area contributed by atoms with Crippen LogP contribution in [-0.4, -0.2) is 39.0 Å². The summed E-state index contributed by atoms with van der Waals surface area (Å²) >= 11 is 3.44. The molecule has 31 heavy (non-hydrogen) atoms. The van der Waals surface area contributed by atoms with Crippen molar-refractivity contribution >= 4 is 33.4 Å². The Bertz CT molecular complexity index is 1250. The highest BCUT2D eigenvalue weighted by Crippen LogP contribution is 2.33. The number of nitrogens with zero attached hydrogens (tertiary/aromatic N) is 6. The topological polar surface area (TPSA) is 104 Å². The van der Waals surface area contributed by atoms with E-state index in [1.54, 1.807) is 6.92 Å². The summed E-state index contributed by atoms with van der Waals surface area (Å²) in [4.78, 5) is 31.1. The highest BCUT2D eigenvalue weighted by Gasteiger charge is 2.55. The third-order valence-electron chi connectivity index (χ3n) is 5.15. The maximum Gasteiger partial charge on any atom is 0.263 e. The summed E-state index contributed by atoms with van der Waals surface area (Å²) in [5.41, 5.74) is 1.33. The third kappa shape index (κ3) is 3.21. The number of aromatic nitrogens is 2. The molecule has 3 heterocycles. The molecule has 9 nitrogen and oxygen atoms in total. The van der Waals surface area contributed by atoms with Crippen LogP contribution in [0.1, 0.15) is 11.5 Å². The quantitative estimate of drug-likeness (QED) is 0.525. The van der Waals surface area contributed by atoms with Gasteiger partial charge in [0.1, 0.15) is 12.4 Å². The van der Waals surface area contributed by atoms with Crippen LogP contribution in [0.25, 0.3) is 11.4 Å². The lowest BCUT2D eigenvalue weighted by Crippen LogP contribution is -2.39. The van der Waals surface area contributed by atoms with Crippen molar-refractivity contribution in [1.29, 1.82) is 0 Å². The molecule has 0 aliphatic carbocycles. The van der Waals surface area contributed by atoms with Gasteiger partial charge in [-0.05, 0) is 36.8 Å². The lowest BCUT2D eigenvalue weighted by molar-refractivity contribution is -0.123. The fraction of sp³-hybridized carbons (Fsp3) is 0.200. The van der Waals surface area contributed by atoms with Gasteiger partial charge in [-0.2, -0.15) is 10.1 Å². The molecular formula is C20H14BrFN6O3. The van der Waals surface area contributed by atoms with E-state index in [1.165, 1.54) is 17.1 Å². The molecule has 2 atom stereocenters. The molecule has 5 rings (SSSR count). The minimum absolute atomic E-state index is 0.00274. The van der Waals surface area contributed by atoms with Crippen molar-refractivity contribution in [1.82, 2.24) is 15.1 Å². The molecule has 0 N–H and O–H groups in total. The molecule has 0 radical (unpaired) electrons. The number of fused-ring (bicyclic) bond motifs is 1. The van der Waals surface area contributed by atoms with E-state index in [0.717, 1.165) is 21.0 Å². The molecule has 1 saturated heterocycles. The van der Waals surface area contributed by atoms with Gasteiger partial charge in [-0.3, -0.25) is 14.6 Å². The molecular weight excluding hydrogens is 471 g/mol. The van der Waals surface area contributed by atoms with Crippen LogP contribution in [0, 0.1) is 12.7 Å². The second-order valence-corrected chi connectivity index (χ2v) is 7.98. The van der Waals surface area contributed by atoms with Gasteiger partial charge in [-0.25, -0.2) is 9.29 Å². The molecule has 0 unspecified atom stereocenters. The standard InChI is InChI=1S/C20H14BrFN6O3/c1-10-6-7-11(8-14(10)22)28-19(29)16-17(20(28)30)27(26-24-16)9-15-23-18(25-31-15)12-4-2-3-5-13(12)21/h2-8,16-17H,9H2,1H3/t16-,17-/m1/s1. The van der Waals surface area contributed by atoms with Crippen LogP contribution in [0.5, 0.6) is 0 Å². The first-order valence-corrected chi connectivity index (χ1v) is 10.1. The number of halogens is 2. The average molecular weight is 485 g/mol. The third-order valence-corrected chi connectivity index (χ3v) is 5.84. The molecule has 2 aliphatic heterocycles. The first kappa shape index (κ1) is 19.5. The number of amides is 2. The number of rotatable bonds is 4. The monoisotopic (exact) mass is 484 g/mol. The van der Waals surface area contributed by atoms with Crippen molar-refractivity contribution in [2.45, 2.75) is 25.6 Å². The predicted octanol–water partition coefficient (Wildman–Crippen LogP) is 3.44. The van der Waals surface area contributed by atoms with Crippen LogP contribution < -0.4 is 4.90 Å². The molecule has 2 aliphatic rings. The zero-order valence-corrected chi connectivity index (χ0v) is 17.7. The maximum absolute atomic E-state index is 14.0. The Morgan fingerprint density at radius 2 is 1.97 bits per heavy atom. The van der Waals surface area contributed by atoms with Gasteiger partial charge in [0.2, 0.25) is 11.7 Å². The van der Waals surface area contributed by atoms with Crippen LogP contribution in [0.15, 0.2) is 61.8 Å². The van der Waals surface area contributed by atoms with E-state index in [9.17, 15) is 14.0 Å². The Hall–Kier alpha value is -3.47. The molecule has 1 fully saturated rings. The fourth-order valence-electron chi connectivity index (χ4n) is 3.54. The van der Waals surface area contributed by atoms with Crippen LogP contribution in [0.4, 0.5) is 10.1 Å². The van der Waals surface area contributed by atoms with Gasteiger partial charge < -0.3 is 4.52 Å². The van der Waals surface area contributed by atoms with Crippen LogP contribution in [0.3, 0.4) is 0 Å². The van der Waals surface area contributed by atoms with Gasteiger partial charge >= 0.3 is 0 Å². The van der Waals surface area contributed by atoms with Crippen molar-refractivity contribution < 1.29 is 18.5 Å². The number of benzene rings is 2. The molecule has 0 bridgehead atoms. The van der Waals surface area contributed by atoms with Crippen molar-refractivity contribution in [2.75, 3.05) is 4.90 Å². The SMILES string of the molecule is Cc1ccc(N2C(=O)[C@@H]3N=NN(Cc4nc(-c5ccccc5Br)no4)[C@H]3C2=O)cc1F. The minimum atomic E-state index is -0.998. The highest BCUT2D eigenvalue weighted by atomic mass is 79.9. The normalized spacial score (nSPS) is 20.1. The zero-order valence-electron chi connectivity index (χ0n) is 16.1. The molecule has 1 aromatic heterocycles. The van der Waals surface area contributed by atoms with E-state index in [4.69, 9.17) is 4.52 Å². The number of carbonyl (C=O) groups is 2. The summed E-state index contributed by atoms with van der Waals surface area (Å²) in [5.74, 6) is -0.997. The lowest BCUT2D eigenvalue weighted by atomic mass is 10.1. The Morgan fingerprint density at radius 3 is 2.74 bits per heavy atom. The zero-order chi connectivity index (χ0) is 21.7. The minimum Gasteiger partial charge on any atom is -0.337 e. The molecule has 11 heteroatoms. The Kier molecular flexibility index (Phi) is 4.62. The second kappa shape index (κ2) is 7.34. The molecule has 2 amide bonds. The van der Waals surface area contributed by atoms with Gasteiger partial charge in [-0.15, -0.1) is 0 Å². The van der Waals surface area contributed by atoms with E-state index < -0.39 is 29.7 Å². The van der Waals surface area contributed by atoms with Gasteiger partial charge in [0, 0.05) is 10.0 Å². The average Bonchev–Trinajstić information content (AvgIpc) is 3.43. The van der Waals surface area contributed by atoms with Gasteiger partial charge in [0.25, 0.3) is 11.8 Å². The lowest BCUT2D eigenvalue weighted by Gasteiger charge is -2.19. The Morgan fingerprint density at radius 1 is 1.16 bits per heavy atom. The van der Waals surface area contributed by atoms with Crippen molar-refractivity contribution in [2.24, 2.45) is 10.3 Å². The largest absolute Gasteiger partial charge is 0.337 e. The summed E-state index contributed by atoms with van der Waals surface area (Å²) in [7, 11) is 0. The van der Waals surface area contributed by atoms with E-state index in [0.29, 0.717) is 11.4 Å². The van der Waals surface area contributed by atoms with Crippen molar-refractivity contribution in [3.63, 3.8) is 0 Å². The van der Waals surface area contributed by atoms with Crippen LogP contribution in [0.2, 0.25) is 0 Å². The van der Waals surface area contributed by atoms with Crippen molar-refractivity contribution in [3.8, 4) is 11.4 Å². The van der Waals surface area contributed by atoms with E-state index >= 15 is 0 Å². The second-order valence-electron chi connectivity index (χ2n) is 7.13. The molecule has 0 saturated carbocycles. The summed E-state index contributed by atoms with van der Waals surface area (Å²) in [6.07, 6.45) is 0. The predicted molar refractivity (Wildman–Crippen MR) is 109 cm³/mol. The molecule has 156 valence electrons. The summed E-state index contributed by atoms with van der Waals surface area (Å²) in [6, 6.07) is 9.67. The summed E-state index contributed by atoms with van der Waals surface area (Å²) in [5, 5.41) is 13.2. The van der Waals surface area contributed by atoms with Crippen LogP contribution in [-0.2, 0) is 16.1 Å². The van der Waals surface area contributed by atoms with Crippen LogP contribution >= 0.6 is 15.9 Å². The van der Waals surface area contributed by atoms with E-state index in [-0.39, 0.29) is 18.1 Å². The van der Waals surface area contributed by atoms with E-state index in [1.807, 2.05) is 24.3 Å². The summed E-state index contributed by atoms with van der Waals surface area (Å²) in [6.45, 7) is 1.60. The molecule has 0 spiro atoms. The van der Waals surface area contributed by atoms with Crippen molar-refractivity contribution in [3.05, 3.63) is 64.2 Å². The Balaban J connectivity index is 1.38. The van der Waals surface area contributed by atoms with Gasteiger partial charge in [-0.1, -0.05) is 44.5 Å². The highest BCUT2D eigenvalue weighted by molar-refractivity contribution is 9.10. The number of imide groups is 1. The summed E-state index contributed by atoms with van der Waals surface area (Å²) < 4.78 is 20.1. The van der Waals surface area contributed by atoms with E-state index in [2.05, 4.69) is 36.4 Å². The number of carbonyl (C=O) groups excluding carboxylic acids is 2. The number of hydrogen-bond acceptors (Lipinski definition) is 8. The maximum atomic E-state index is 14.0. The smallest absolute Gasteiger partial charge is 0.263 e. The number of aryl methyl sites for hydroxylation is 1. The first-order valence-electron chi connectivity index (χ1n) is 9.33. The molecule has 2 aromatic carbocycles. The molecule has 3 aromatic rings. The Labute approximate surface area is 183 Å².